The molecule has 0 unspecified atom stereocenters. The van der Waals surface area contributed by atoms with Gasteiger partial charge in [0.05, 0.1) is 0 Å². The average molecular weight is 238 g/mol. The third kappa shape index (κ3) is 7.77. The van der Waals surface area contributed by atoms with E-state index in [9.17, 15) is 9.59 Å². The Morgan fingerprint density at radius 1 is 1.54 bits per heavy atom. The molecule has 0 aromatic carbocycles. The number of carboxylic acid groups (broad SMARTS) is 1. The van der Waals surface area contributed by atoms with Gasteiger partial charge in [-0.1, -0.05) is 0 Å². The third-order valence-electron chi connectivity index (χ3n) is 1.37. The minimum atomic E-state index is -1.07. The molecule has 0 saturated carbocycles. The molecule has 0 fully saturated rings. The molecule has 0 heterocycles. The molecule has 1 atom stereocenters. The number of nitrogens with two attached hydrogens (primary N) is 1. The smallest absolute Gasteiger partial charge is 0.320 e. The largest absolute Gasteiger partial charge is 0.480 e. The molecule has 0 bridgehead atoms. The third-order valence-corrected chi connectivity index (χ3v) is 1.37. The number of hydrogen-bond donors (Lipinski definition) is 3. The van der Waals surface area contributed by atoms with Gasteiger partial charge in [-0.15, -0.1) is 0 Å². The van der Waals surface area contributed by atoms with Gasteiger partial charge in [0.15, 0.2) is 0 Å². The van der Waals surface area contributed by atoms with Gasteiger partial charge in [-0.3, -0.25) is 9.59 Å². The minimum absolute atomic E-state index is 0. The van der Waals surface area contributed by atoms with Crippen LogP contribution < -0.4 is 11.1 Å². The molecule has 0 aliphatic heterocycles. The number of carbonyl (C=O) groups excluding carboxylic acids is 1. The van der Waals surface area contributed by atoms with Crippen LogP contribution in [-0.2, 0) is 26.7 Å². The molecule has 1 amide bonds. The van der Waals surface area contributed by atoms with Crippen LogP contribution in [0.4, 0.5) is 0 Å². The summed E-state index contributed by atoms with van der Waals surface area (Å²) in [4.78, 5) is 21.0. The van der Waals surface area contributed by atoms with Crippen LogP contribution in [0.25, 0.3) is 0 Å². The van der Waals surface area contributed by atoms with Gasteiger partial charge in [0, 0.05) is 30.0 Å². The zero-order valence-electron chi connectivity index (χ0n) is 7.34. The standard InChI is InChI=1S/C7H14N2O3.Cu/c1-2-9-6(10)4-3-5(8)7(11)12;/h5H,2-4,8H2,1H3,(H,9,10)(H,11,12);/t5-;/m0./s1. The van der Waals surface area contributed by atoms with Crippen LogP contribution in [0.2, 0.25) is 0 Å². The van der Waals surface area contributed by atoms with Gasteiger partial charge in [-0.05, 0) is 13.3 Å². The number of carboxylic acids is 1. The van der Waals surface area contributed by atoms with E-state index in [4.69, 9.17) is 10.8 Å². The molecule has 1 radical (unpaired) electrons. The van der Waals surface area contributed by atoms with Gasteiger partial charge in [0.1, 0.15) is 6.04 Å². The van der Waals surface area contributed by atoms with E-state index >= 15 is 0 Å². The first kappa shape index (κ1) is 14.9. The Morgan fingerprint density at radius 3 is 2.46 bits per heavy atom. The molecule has 5 nitrogen and oxygen atoms in total. The quantitative estimate of drug-likeness (QED) is 0.552. The van der Waals surface area contributed by atoms with Gasteiger partial charge < -0.3 is 16.2 Å². The molecule has 4 N–H and O–H groups in total. The summed E-state index contributed by atoms with van der Waals surface area (Å²) in [5.41, 5.74) is 5.18. The first-order valence-corrected chi connectivity index (χ1v) is 3.83. The fourth-order valence-corrected chi connectivity index (χ4v) is 0.696. The van der Waals surface area contributed by atoms with E-state index in [1.807, 2.05) is 0 Å². The summed E-state index contributed by atoms with van der Waals surface area (Å²) in [6.45, 7) is 2.36. The average Bonchev–Trinajstić information content (AvgIpc) is 2.00. The maximum atomic E-state index is 10.8. The maximum absolute atomic E-state index is 10.8. The number of amides is 1. The van der Waals surface area contributed by atoms with Crippen LogP contribution in [0.3, 0.4) is 0 Å². The molecule has 0 aromatic heterocycles. The summed E-state index contributed by atoms with van der Waals surface area (Å²) in [7, 11) is 0. The molecule has 0 aliphatic carbocycles. The summed E-state index contributed by atoms with van der Waals surface area (Å²) >= 11 is 0. The summed E-state index contributed by atoms with van der Waals surface area (Å²) in [6, 6.07) is -0.937. The van der Waals surface area contributed by atoms with Crippen molar-refractivity contribution in [2.24, 2.45) is 5.73 Å². The Bertz CT molecular complexity index is 175. The van der Waals surface area contributed by atoms with Crippen molar-refractivity contribution in [3.63, 3.8) is 0 Å². The first-order chi connectivity index (χ1) is 5.57. The number of rotatable bonds is 5. The van der Waals surface area contributed by atoms with E-state index in [2.05, 4.69) is 5.32 Å². The van der Waals surface area contributed by atoms with Crippen molar-refractivity contribution in [2.45, 2.75) is 25.8 Å². The Kier molecular flexibility index (Phi) is 9.22. The zero-order chi connectivity index (χ0) is 9.56. The van der Waals surface area contributed by atoms with Gasteiger partial charge in [0.25, 0.3) is 0 Å². The van der Waals surface area contributed by atoms with Crippen molar-refractivity contribution in [3.05, 3.63) is 0 Å². The Balaban J connectivity index is 0. The van der Waals surface area contributed by atoms with E-state index in [0.717, 1.165) is 0 Å². The molecule has 0 saturated heterocycles. The van der Waals surface area contributed by atoms with Crippen LogP contribution >= 0.6 is 0 Å². The molecular formula is C7H14CuN2O3. The second-order valence-corrected chi connectivity index (χ2v) is 2.44. The maximum Gasteiger partial charge on any atom is 0.320 e. The molecule has 81 valence electrons. The van der Waals surface area contributed by atoms with Crippen LogP contribution in [-0.4, -0.2) is 29.6 Å². The van der Waals surface area contributed by atoms with Gasteiger partial charge >= 0.3 is 5.97 Å². The second-order valence-electron chi connectivity index (χ2n) is 2.44. The van der Waals surface area contributed by atoms with E-state index in [-0.39, 0.29) is 35.8 Å². The minimum Gasteiger partial charge on any atom is -0.480 e. The van der Waals surface area contributed by atoms with Crippen LogP contribution in [0.5, 0.6) is 0 Å². The van der Waals surface area contributed by atoms with Crippen molar-refractivity contribution in [2.75, 3.05) is 6.54 Å². The Morgan fingerprint density at radius 2 is 2.08 bits per heavy atom. The molecule has 0 spiro atoms. The van der Waals surface area contributed by atoms with Gasteiger partial charge in [-0.25, -0.2) is 0 Å². The molecule has 0 aliphatic rings. The predicted molar refractivity (Wildman–Crippen MR) is 43.5 cm³/mol. The van der Waals surface area contributed by atoms with Crippen molar-refractivity contribution in [1.82, 2.24) is 5.32 Å². The SMILES string of the molecule is CCNC(=O)CC[C@H](N)C(=O)O.[Cu]. The van der Waals surface area contributed by atoms with Crippen molar-refractivity contribution >= 4 is 11.9 Å². The summed E-state index contributed by atoms with van der Waals surface area (Å²) in [5.74, 6) is -1.23. The number of hydrogen-bond acceptors (Lipinski definition) is 3. The topological polar surface area (TPSA) is 92.4 Å². The predicted octanol–water partition coefficient (Wildman–Crippen LogP) is -0.688. The Hall–Kier alpha value is -0.581. The van der Waals surface area contributed by atoms with Crippen molar-refractivity contribution in [3.8, 4) is 0 Å². The zero-order valence-corrected chi connectivity index (χ0v) is 8.28. The van der Waals surface area contributed by atoms with Crippen LogP contribution in [0.15, 0.2) is 0 Å². The first-order valence-electron chi connectivity index (χ1n) is 3.83. The second kappa shape index (κ2) is 8.04. The summed E-state index contributed by atoms with van der Waals surface area (Å²) < 4.78 is 0. The van der Waals surface area contributed by atoms with Crippen LogP contribution in [0, 0.1) is 0 Å². The Labute approximate surface area is 87.5 Å². The van der Waals surface area contributed by atoms with Crippen LogP contribution in [0.1, 0.15) is 19.8 Å². The molecular weight excluding hydrogens is 224 g/mol. The summed E-state index contributed by atoms with van der Waals surface area (Å²) in [6.07, 6.45) is 0.350. The number of nitrogens with one attached hydrogen (secondary N) is 1. The monoisotopic (exact) mass is 237 g/mol. The molecule has 13 heavy (non-hydrogen) atoms. The normalized spacial score (nSPS) is 11.2. The van der Waals surface area contributed by atoms with Crippen molar-refractivity contribution < 1.29 is 31.8 Å². The fourth-order valence-electron chi connectivity index (χ4n) is 0.696. The van der Waals surface area contributed by atoms with E-state index in [1.165, 1.54) is 0 Å². The molecule has 6 heteroatoms. The molecule has 0 aromatic rings. The van der Waals surface area contributed by atoms with Crippen molar-refractivity contribution in [1.29, 1.82) is 0 Å². The molecule has 0 rings (SSSR count). The number of carbonyl (C=O) groups is 2. The summed E-state index contributed by atoms with van der Waals surface area (Å²) in [5, 5.41) is 10.9. The van der Waals surface area contributed by atoms with E-state index in [1.54, 1.807) is 6.92 Å². The van der Waals surface area contributed by atoms with E-state index < -0.39 is 12.0 Å². The van der Waals surface area contributed by atoms with Gasteiger partial charge in [0.2, 0.25) is 5.91 Å². The van der Waals surface area contributed by atoms with E-state index in [0.29, 0.717) is 6.54 Å². The fraction of sp³-hybridized carbons (Fsp3) is 0.714. The number of aliphatic carboxylic acids is 1. The van der Waals surface area contributed by atoms with Gasteiger partial charge in [-0.2, -0.15) is 0 Å².